The molecule has 1 atom stereocenters. The first-order chi connectivity index (χ1) is 7.67. The molecule has 1 rings (SSSR count). The van der Waals surface area contributed by atoms with Gasteiger partial charge in [0.25, 0.3) is 0 Å². The lowest BCUT2D eigenvalue weighted by atomic mass is 10.2. The smallest absolute Gasteiger partial charge is 0.132 e. The second kappa shape index (κ2) is 6.68. The fraction of sp³-hybridized carbons (Fsp3) is 0.364. The van der Waals surface area contributed by atoms with Crippen LogP contribution in [0, 0.1) is 14.9 Å². The Morgan fingerprint density at radius 1 is 1.50 bits per heavy atom. The molecule has 0 aliphatic rings. The number of halogens is 1. The highest BCUT2D eigenvalue weighted by molar-refractivity contribution is 14.1. The summed E-state index contributed by atoms with van der Waals surface area (Å²) < 4.78 is 11.0. The predicted molar refractivity (Wildman–Crippen MR) is 67.3 cm³/mol. The van der Waals surface area contributed by atoms with Crippen molar-refractivity contribution in [3.05, 3.63) is 27.3 Å². The van der Waals surface area contributed by atoms with Crippen LogP contribution in [0.3, 0.4) is 0 Å². The van der Waals surface area contributed by atoms with E-state index in [-0.39, 0.29) is 13.2 Å². The Bertz CT molecular complexity index is 389. The number of aliphatic hydroxyl groups is 1. The highest BCUT2D eigenvalue weighted by atomic mass is 127. The first-order valence-corrected chi connectivity index (χ1v) is 5.74. The van der Waals surface area contributed by atoms with E-state index in [0.29, 0.717) is 11.3 Å². The number of nitriles is 1. The molecule has 4 nitrogen and oxygen atoms in total. The number of aliphatic hydroxyl groups excluding tert-OH is 1. The molecule has 0 unspecified atom stereocenters. The lowest BCUT2D eigenvalue weighted by Crippen LogP contribution is -2.22. The lowest BCUT2D eigenvalue weighted by molar-refractivity contribution is 0.0323. The first-order valence-electron chi connectivity index (χ1n) is 4.67. The summed E-state index contributed by atoms with van der Waals surface area (Å²) in [6.45, 7) is 0.419. The molecule has 1 N–H and O–H groups in total. The monoisotopic (exact) mass is 333 g/mol. The van der Waals surface area contributed by atoms with Gasteiger partial charge in [0, 0.05) is 7.11 Å². The molecule has 86 valence electrons. The van der Waals surface area contributed by atoms with Gasteiger partial charge in [0.2, 0.25) is 0 Å². The van der Waals surface area contributed by atoms with Gasteiger partial charge < -0.3 is 14.6 Å². The summed E-state index contributed by atoms with van der Waals surface area (Å²) in [7, 11) is 1.52. The molecule has 0 saturated carbocycles. The molecule has 1 aromatic rings. The Labute approximate surface area is 108 Å². The summed E-state index contributed by atoms with van der Waals surface area (Å²) >= 11 is 2.09. The normalized spacial score (nSPS) is 11.9. The van der Waals surface area contributed by atoms with E-state index < -0.39 is 6.10 Å². The third kappa shape index (κ3) is 3.96. The van der Waals surface area contributed by atoms with Crippen LogP contribution in [0.2, 0.25) is 0 Å². The van der Waals surface area contributed by atoms with Crippen molar-refractivity contribution in [1.29, 1.82) is 5.26 Å². The van der Waals surface area contributed by atoms with Crippen molar-refractivity contribution in [2.45, 2.75) is 6.10 Å². The molecule has 0 heterocycles. The predicted octanol–water partition coefficient (Wildman–Crippen LogP) is 1.55. The Hall–Kier alpha value is -0.840. The summed E-state index contributed by atoms with van der Waals surface area (Å²) in [6, 6.07) is 7.19. The van der Waals surface area contributed by atoms with Crippen molar-refractivity contribution < 1.29 is 14.6 Å². The molecule has 0 aliphatic carbocycles. The molecule has 16 heavy (non-hydrogen) atoms. The molecule has 0 spiro atoms. The van der Waals surface area contributed by atoms with Gasteiger partial charge in [0.05, 0.1) is 21.8 Å². The Kier molecular flexibility index (Phi) is 5.52. The van der Waals surface area contributed by atoms with E-state index in [4.69, 9.17) is 14.7 Å². The maximum Gasteiger partial charge on any atom is 0.132 e. The fourth-order valence-electron chi connectivity index (χ4n) is 1.11. The van der Waals surface area contributed by atoms with Gasteiger partial charge in [0.1, 0.15) is 18.5 Å². The number of hydrogen-bond donors (Lipinski definition) is 1. The van der Waals surface area contributed by atoms with Crippen molar-refractivity contribution in [3.63, 3.8) is 0 Å². The van der Waals surface area contributed by atoms with E-state index in [0.717, 1.165) is 3.57 Å². The zero-order chi connectivity index (χ0) is 12.0. The minimum atomic E-state index is -0.642. The first kappa shape index (κ1) is 13.2. The molecule has 1 aromatic carbocycles. The number of methoxy groups -OCH3 is 1. The van der Waals surface area contributed by atoms with Crippen molar-refractivity contribution in [3.8, 4) is 11.8 Å². The summed E-state index contributed by atoms with van der Waals surface area (Å²) in [6.07, 6.45) is -0.642. The quantitative estimate of drug-likeness (QED) is 0.831. The largest absolute Gasteiger partial charge is 0.490 e. The SMILES string of the molecule is COC[C@@H](O)COc1ccc(C#N)cc1I. The highest BCUT2D eigenvalue weighted by Gasteiger charge is 2.07. The van der Waals surface area contributed by atoms with Gasteiger partial charge in [-0.05, 0) is 40.8 Å². The van der Waals surface area contributed by atoms with Gasteiger partial charge in [0.15, 0.2) is 0 Å². The molecule has 5 heteroatoms. The van der Waals surface area contributed by atoms with Crippen molar-refractivity contribution in [2.75, 3.05) is 20.3 Å². The second-order valence-electron chi connectivity index (χ2n) is 3.18. The van der Waals surface area contributed by atoms with Gasteiger partial charge >= 0.3 is 0 Å². The number of benzene rings is 1. The van der Waals surface area contributed by atoms with E-state index in [9.17, 15) is 5.11 Å². The highest BCUT2D eigenvalue weighted by Crippen LogP contribution is 2.21. The van der Waals surface area contributed by atoms with Crippen LogP contribution in [0.4, 0.5) is 0 Å². The molecule has 0 aliphatic heterocycles. The molecule has 0 aromatic heterocycles. The molecule has 0 radical (unpaired) electrons. The molecule has 0 fully saturated rings. The average molecular weight is 333 g/mol. The molecule has 0 bridgehead atoms. The third-order valence-corrected chi connectivity index (χ3v) is 2.69. The zero-order valence-electron chi connectivity index (χ0n) is 8.81. The van der Waals surface area contributed by atoms with Gasteiger partial charge in [-0.2, -0.15) is 5.26 Å². The number of ether oxygens (including phenoxy) is 2. The van der Waals surface area contributed by atoms with Crippen molar-refractivity contribution in [1.82, 2.24) is 0 Å². The van der Waals surface area contributed by atoms with E-state index in [1.165, 1.54) is 7.11 Å². The van der Waals surface area contributed by atoms with Crippen LogP contribution in [0.25, 0.3) is 0 Å². The summed E-state index contributed by atoms with van der Waals surface area (Å²) in [5, 5.41) is 18.1. The van der Waals surface area contributed by atoms with E-state index in [2.05, 4.69) is 28.7 Å². The summed E-state index contributed by atoms with van der Waals surface area (Å²) in [4.78, 5) is 0. The van der Waals surface area contributed by atoms with Crippen LogP contribution in [0.5, 0.6) is 5.75 Å². The van der Waals surface area contributed by atoms with Crippen LogP contribution in [-0.4, -0.2) is 31.5 Å². The number of hydrogen-bond acceptors (Lipinski definition) is 4. The maximum atomic E-state index is 9.40. The standard InChI is InChI=1S/C11H12INO3/c1-15-6-9(14)7-16-11-3-2-8(5-13)4-10(11)12/h2-4,9,14H,6-7H2,1H3/t9-/m1/s1. The van der Waals surface area contributed by atoms with Crippen LogP contribution >= 0.6 is 22.6 Å². The van der Waals surface area contributed by atoms with E-state index >= 15 is 0 Å². The molecular formula is C11H12INO3. The van der Waals surface area contributed by atoms with Gasteiger partial charge in [-0.25, -0.2) is 0 Å². The lowest BCUT2D eigenvalue weighted by Gasteiger charge is -2.12. The van der Waals surface area contributed by atoms with Crippen LogP contribution in [0.15, 0.2) is 18.2 Å². The third-order valence-electron chi connectivity index (χ3n) is 1.85. The van der Waals surface area contributed by atoms with Crippen LogP contribution in [0.1, 0.15) is 5.56 Å². The van der Waals surface area contributed by atoms with Crippen LogP contribution in [-0.2, 0) is 4.74 Å². The van der Waals surface area contributed by atoms with Crippen molar-refractivity contribution >= 4 is 22.6 Å². The van der Waals surface area contributed by atoms with Crippen LogP contribution < -0.4 is 4.74 Å². The molecular weight excluding hydrogens is 321 g/mol. The van der Waals surface area contributed by atoms with Gasteiger partial charge in [-0.1, -0.05) is 0 Å². The Balaban J connectivity index is 2.58. The number of nitrogens with zero attached hydrogens (tertiary/aromatic N) is 1. The second-order valence-corrected chi connectivity index (χ2v) is 4.34. The molecule has 0 saturated heterocycles. The minimum Gasteiger partial charge on any atom is -0.490 e. The number of rotatable bonds is 5. The summed E-state index contributed by atoms with van der Waals surface area (Å²) in [5.41, 5.74) is 0.592. The summed E-state index contributed by atoms with van der Waals surface area (Å²) in [5.74, 6) is 0.662. The topological polar surface area (TPSA) is 62.5 Å². The fourth-order valence-corrected chi connectivity index (χ4v) is 1.78. The zero-order valence-corrected chi connectivity index (χ0v) is 11.0. The average Bonchev–Trinajstić information content (AvgIpc) is 2.27. The van der Waals surface area contributed by atoms with Gasteiger partial charge in [-0.3, -0.25) is 0 Å². The molecule has 0 amide bonds. The van der Waals surface area contributed by atoms with E-state index in [1.807, 2.05) is 0 Å². The maximum absolute atomic E-state index is 9.40. The Morgan fingerprint density at radius 3 is 2.81 bits per heavy atom. The minimum absolute atomic E-state index is 0.176. The van der Waals surface area contributed by atoms with Crippen molar-refractivity contribution in [2.24, 2.45) is 0 Å². The Morgan fingerprint density at radius 2 is 2.25 bits per heavy atom. The van der Waals surface area contributed by atoms with Gasteiger partial charge in [-0.15, -0.1) is 0 Å². The van der Waals surface area contributed by atoms with E-state index in [1.54, 1.807) is 18.2 Å².